The summed E-state index contributed by atoms with van der Waals surface area (Å²) >= 11 is 0. The summed E-state index contributed by atoms with van der Waals surface area (Å²) in [5.74, 6) is -1.55. The molecule has 1 aromatic rings. The van der Waals surface area contributed by atoms with E-state index in [1.54, 1.807) is 6.92 Å². The molecule has 6 nitrogen and oxygen atoms in total. The van der Waals surface area contributed by atoms with Crippen LogP contribution in [0.25, 0.3) is 0 Å². The average Bonchev–Trinajstić information content (AvgIpc) is 2.95. The van der Waals surface area contributed by atoms with Crippen LogP contribution in [0, 0.1) is 11.8 Å². The summed E-state index contributed by atoms with van der Waals surface area (Å²) in [5.41, 5.74) is 1.37. The van der Waals surface area contributed by atoms with Crippen LogP contribution in [0.2, 0.25) is 0 Å². The maximum atomic E-state index is 12.7. The Balaban J connectivity index is 2.17. The van der Waals surface area contributed by atoms with E-state index in [2.05, 4.69) is 12.2 Å². The fourth-order valence-corrected chi connectivity index (χ4v) is 3.59. The number of carbonyl (C=O) groups is 2. The standard InChI is InChI=1S/C22H29NO5/c1-5-12(2)10-13(3)11-14(4)19(25)17-21(27)18(23-22(17)28)20(26)15-6-8-16(24)9-7-15/h5-9,13-14,18,20,24-26H,10-11H2,1-4H3,(H,23,28)/b12-5+,19-17-/t13-,14-,18+,20+/m1/s1. The molecule has 6 heteroatoms. The van der Waals surface area contributed by atoms with E-state index in [1.165, 1.54) is 29.8 Å². The highest BCUT2D eigenvalue weighted by Gasteiger charge is 2.43. The lowest BCUT2D eigenvalue weighted by Crippen LogP contribution is -2.35. The van der Waals surface area contributed by atoms with E-state index in [4.69, 9.17) is 0 Å². The molecular formula is C22H29NO5. The summed E-state index contributed by atoms with van der Waals surface area (Å²) in [6.45, 7) is 7.87. The largest absolute Gasteiger partial charge is 0.511 e. The Bertz CT molecular complexity index is 794. The maximum Gasteiger partial charge on any atom is 0.259 e. The van der Waals surface area contributed by atoms with Gasteiger partial charge >= 0.3 is 0 Å². The van der Waals surface area contributed by atoms with Gasteiger partial charge in [0.15, 0.2) is 5.78 Å². The molecule has 2 rings (SSSR count). The van der Waals surface area contributed by atoms with E-state index in [0.717, 1.165) is 6.42 Å². The van der Waals surface area contributed by atoms with Gasteiger partial charge in [-0.1, -0.05) is 37.6 Å². The Morgan fingerprint density at radius 2 is 1.82 bits per heavy atom. The lowest BCUT2D eigenvalue weighted by molar-refractivity contribution is -0.118. The van der Waals surface area contributed by atoms with Gasteiger partial charge in [0.2, 0.25) is 0 Å². The lowest BCUT2D eigenvalue weighted by Gasteiger charge is -2.18. The molecule has 1 aliphatic heterocycles. The highest BCUT2D eigenvalue weighted by atomic mass is 16.3. The SMILES string of the molecule is C/C=C(\C)C[C@@H](C)C[C@@H](C)/C(O)=C1/C(=O)N[C@@H]([C@@H](O)c2ccc(O)cc2)C1=O. The maximum absolute atomic E-state index is 12.7. The summed E-state index contributed by atoms with van der Waals surface area (Å²) < 4.78 is 0. The monoisotopic (exact) mass is 387 g/mol. The highest BCUT2D eigenvalue weighted by Crippen LogP contribution is 2.30. The van der Waals surface area contributed by atoms with Crippen LogP contribution in [0.15, 0.2) is 47.2 Å². The Morgan fingerprint density at radius 3 is 2.39 bits per heavy atom. The van der Waals surface area contributed by atoms with Crippen molar-refractivity contribution < 1.29 is 24.9 Å². The number of aromatic hydroxyl groups is 1. The van der Waals surface area contributed by atoms with Crippen LogP contribution in [0.3, 0.4) is 0 Å². The molecule has 4 atom stereocenters. The number of ketones is 1. The topological polar surface area (TPSA) is 107 Å². The van der Waals surface area contributed by atoms with Crippen molar-refractivity contribution in [2.24, 2.45) is 11.8 Å². The molecule has 0 aliphatic carbocycles. The van der Waals surface area contributed by atoms with Crippen LogP contribution < -0.4 is 5.32 Å². The number of amides is 1. The first-order valence-corrected chi connectivity index (χ1v) is 9.52. The number of rotatable bonds is 7. The summed E-state index contributed by atoms with van der Waals surface area (Å²) in [4.78, 5) is 25.1. The third-order valence-electron chi connectivity index (χ3n) is 5.23. The van der Waals surface area contributed by atoms with Crippen molar-refractivity contribution in [3.05, 3.63) is 52.8 Å². The molecule has 0 unspecified atom stereocenters. The second kappa shape index (κ2) is 9.06. The third-order valence-corrected chi connectivity index (χ3v) is 5.23. The van der Waals surface area contributed by atoms with Crippen LogP contribution in [0.5, 0.6) is 5.75 Å². The van der Waals surface area contributed by atoms with Gasteiger partial charge in [0.05, 0.1) is 0 Å². The number of hydrogen-bond acceptors (Lipinski definition) is 5. The molecule has 0 radical (unpaired) electrons. The number of phenolic OH excluding ortho intramolecular Hbond substituents is 1. The number of hydrogen-bond donors (Lipinski definition) is 4. The molecule has 1 heterocycles. The zero-order chi connectivity index (χ0) is 21.0. The molecule has 1 aliphatic rings. The fourth-order valence-electron chi connectivity index (χ4n) is 3.59. The van der Waals surface area contributed by atoms with E-state index in [1.807, 2.05) is 19.9 Å². The van der Waals surface area contributed by atoms with Gasteiger partial charge in [-0.25, -0.2) is 0 Å². The number of benzene rings is 1. The second-order valence-corrected chi connectivity index (χ2v) is 7.69. The second-order valence-electron chi connectivity index (χ2n) is 7.69. The van der Waals surface area contributed by atoms with Gasteiger partial charge in [-0.2, -0.15) is 0 Å². The molecule has 4 N–H and O–H groups in total. The molecule has 0 bridgehead atoms. The van der Waals surface area contributed by atoms with Crippen LogP contribution in [-0.4, -0.2) is 33.1 Å². The normalized spacial score (nSPS) is 22.6. The van der Waals surface area contributed by atoms with E-state index in [9.17, 15) is 24.9 Å². The molecule has 0 aromatic heterocycles. The van der Waals surface area contributed by atoms with Gasteiger partial charge in [0, 0.05) is 5.92 Å². The molecule has 152 valence electrons. The van der Waals surface area contributed by atoms with Gasteiger partial charge in [-0.3, -0.25) is 9.59 Å². The summed E-state index contributed by atoms with van der Waals surface area (Å²) in [7, 11) is 0. The molecule has 0 spiro atoms. The molecular weight excluding hydrogens is 358 g/mol. The number of allylic oxidation sites excluding steroid dienone is 3. The summed E-state index contributed by atoms with van der Waals surface area (Å²) in [6.07, 6.45) is 2.29. The van der Waals surface area contributed by atoms with E-state index in [-0.39, 0.29) is 28.9 Å². The van der Waals surface area contributed by atoms with Gasteiger partial charge in [0.1, 0.15) is 29.2 Å². The quantitative estimate of drug-likeness (QED) is 0.248. The van der Waals surface area contributed by atoms with Gasteiger partial charge in [0.25, 0.3) is 5.91 Å². The van der Waals surface area contributed by atoms with Gasteiger partial charge < -0.3 is 20.6 Å². The first-order chi connectivity index (χ1) is 13.1. The van der Waals surface area contributed by atoms with Gasteiger partial charge in [-0.05, 0) is 50.3 Å². The predicted octanol–water partition coefficient (Wildman–Crippen LogP) is 3.32. The minimum atomic E-state index is -1.27. The molecule has 1 aromatic carbocycles. The zero-order valence-corrected chi connectivity index (χ0v) is 16.8. The number of carbonyl (C=O) groups excluding carboxylic acids is 2. The Hall–Kier alpha value is -2.60. The van der Waals surface area contributed by atoms with Crippen LogP contribution in [0.1, 0.15) is 52.2 Å². The van der Waals surface area contributed by atoms with E-state index >= 15 is 0 Å². The van der Waals surface area contributed by atoms with Crippen molar-refractivity contribution in [3.8, 4) is 5.75 Å². The number of phenols is 1. The smallest absolute Gasteiger partial charge is 0.259 e. The molecule has 1 fully saturated rings. The Kier molecular flexibility index (Phi) is 7.02. The zero-order valence-electron chi connectivity index (χ0n) is 16.8. The fraction of sp³-hybridized carbons (Fsp3) is 0.455. The van der Waals surface area contributed by atoms with Crippen molar-refractivity contribution in [1.82, 2.24) is 5.32 Å². The number of aliphatic hydroxyl groups excluding tert-OH is 2. The Labute approximate surface area is 165 Å². The van der Waals surface area contributed by atoms with Gasteiger partial charge in [-0.15, -0.1) is 0 Å². The third kappa shape index (κ3) is 4.81. The first-order valence-electron chi connectivity index (χ1n) is 9.52. The number of nitrogens with one attached hydrogen (secondary N) is 1. The van der Waals surface area contributed by atoms with Crippen molar-refractivity contribution in [1.29, 1.82) is 0 Å². The molecule has 0 saturated carbocycles. The lowest BCUT2D eigenvalue weighted by atomic mass is 9.88. The van der Waals surface area contributed by atoms with E-state index < -0.39 is 23.8 Å². The Morgan fingerprint density at radius 1 is 1.21 bits per heavy atom. The van der Waals surface area contributed by atoms with Crippen LogP contribution >= 0.6 is 0 Å². The van der Waals surface area contributed by atoms with E-state index in [0.29, 0.717) is 12.0 Å². The summed E-state index contributed by atoms with van der Waals surface area (Å²) in [5, 5.41) is 32.9. The summed E-state index contributed by atoms with van der Waals surface area (Å²) in [6, 6.07) is 4.59. The van der Waals surface area contributed by atoms with Crippen molar-refractivity contribution in [2.45, 2.75) is 52.7 Å². The number of aliphatic hydroxyl groups is 2. The number of Topliss-reactive ketones (excluding diaryl/α,β-unsaturated/α-hetero) is 1. The molecule has 1 saturated heterocycles. The first kappa shape index (κ1) is 21.7. The highest BCUT2D eigenvalue weighted by molar-refractivity contribution is 6.27. The molecule has 1 amide bonds. The van der Waals surface area contributed by atoms with Crippen molar-refractivity contribution in [3.63, 3.8) is 0 Å². The van der Waals surface area contributed by atoms with Crippen LogP contribution in [-0.2, 0) is 9.59 Å². The predicted molar refractivity (Wildman–Crippen MR) is 107 cm³/mol. The molecule has 28 heavy (non-hydrogen) atoms. The van der Waals surface area contributed by atoms with Crippen molar-refractivity contribution in [2.75, 3.05) is 0 Å². The van der Waals surface area contributed by atoms with Crippen molar-refractivity contribution >= 4 is 11.7 Å². The minimum Gasteiger partial charge on any atom is -0.511 e. The minimum absolute atomic E-state index is 0.0343. The van der Waals surface area contributed by atoms with Crippen LogP contribution in [0.4, 0.5) is 0 Å². The average molecular weight is 387 g/mol.